The molecular weight excluding hydrogens is 334 g/mol. The predicted molar refractivity (Wildman–Crippen MR) is 103 cm³/mol. The highest BCUT2D eigenvalue weighted by atomic mass is 32.1. The van der Waals surface area contributed by atoms with Gasteiger partial charge in [0.05, 0.1) is 6.04 Å². The van der Waals surface area contributed by atoms with Crippen LogP contribution in [0.4, 0.5) is 5.13 Å². The molecule has 6 nitrogen and oxygen atoms in total. The van der Waals surface area contributed by atoms with Crippen LogP contribution in [0.15, 0.2) is 35.1 Å². The quantitative estimate of drug-likeness (QED) is 0.735. The number of nitrogens with zero attached hydrogens (tertiary/aromatic N) is 4. The molecule has 0 aliphatic heterocycles. The fourth-order valence-electron chi connectivity index (χ4n) is 2.75. The second kappa shape index (κ2) is 7.33. The number of aromatic nitrogens is 3. The van der Waals surface area contributed by atoms with E-state index in [0.29, 0.717) is 22.3 Å². The fraction of sp³-hybridized carbons (Fsp3) is 0.389. The summed E-state index contributed by atoms with van der Waals surface area (Å²) in [5.41, 5.74) is 3.15. The van der Waals surface area contributed by atoms with Gasteiger partial charge in [-0.15, -0.1) is 5.10 Å². The average molecular weight is 357 g/mol. The van der Waals surface area contributed by atoms with Crippen LogP contribution in [0.1, 0.15) is 29.8 Å². The Hall–Kier alpha value is -2.25. The minimum Gasteiger partial charge on any atom is -0.358 e. The van der Waals surface area contributed by atoms with Crippen LogP contribution in [0.25, 0.3) is 4.96 Å². The van der Waals surface area contributed by atoms with Gasteiger partial charge >= 0.3 is 0 Å². The van der Waals surface area contributed by atoms with Crippen molar-refractivity contribution in [2.24, 2.45) is 0 Å². The number of anilines is 1. The van der Waals surface area contributed by atoms with Gasteiger partial charge in [-0.25, -0.2) is 4.98 Å². The second-order valence-corrected chi connectivity index (χ2v) is 7.25. The maximum atomic E-state index is 12.0. The van der Waals surface area contributed by atoms with Gasteiger partial charge in [-0.3, -0.25) is 4.79 Å². The number of nitrogens with one attached hydrogen (secondary N) is 1. The molecule has 0 aliphatic carbocycles. The minimum absolute atomic E-state index is 0.147. The Labute approximate surface area is 151 Å². The molecule has 132 valence electrons. The lowest BCUT2D eigenvalue weighted by molar-refractivity contribution is 0.311. The van der Waals surface area contributed by atoms with Gasteiger partial charge < -0.3 is 10.2 Å². The molecule has 7 heteroatoms. The minimum atomic E-state index is -0.147. The molecule has 1 unspecified atom stereocenters. The van der Waals surface area contributed by atoms with Gasteiger partial charge in [-0.1, -0.05) is 42.5 Å². The van der Waals surface area contributed by atoms with Crippen molar-refractivity contribution in [3.63, 3.8) is 0 Å². The molecule has 25 heavy (non-hydrogen) atoms. The highest BCUT2D eigenvalue weighted by Gasteiger charge is 2.15. The standard InChI is InChI=1S/C18H23N5OS/c1-5-13-6-8-14(9-7-13)15(22(3)4)11-19-17-21-23-16(24)10-12(2)20-18(23)25-17/h6-10,15H,5,11H2,1-4H3,(H,19,21). The van der Waals surface area contributed by atoms with Crippen molar-refractivity contribution < 1.29 is 0 Å². The first-order chi connectivity index (χ1) is 12.0. The van der Waals surface area contributed by atoms with E-state index in [0.717, 1.165) is 6.42 Å². The van der Waals surface area contributed by atoms with Crippen molar-refractivity contribution in [3.8, 4) is 0 Å². The van der Waals surface area contributed by atoms with Crippen LogP contribution in [0.2, 0.25) is 0 Å². The zero-order chi connectivity index (χ0) is 18.0. The van der Waals surface area contributed by atoms with E-state index in [4.69, 9.17) is 0 Å². The van der Waals surface area contributed by atoms with Crippen molar-refractivity contribution in [1.82, 2.24) is 19.5 Å². The van der Waals surface area contributed by atoms with Crippen LogP contribution in [0.3, 0.4) is 0 Å². The number of benzene rings is 1. The molecule has 2 heterocycles. The van der Waals surface area contributed by atoms with E-state index in [1.165, 1.54) is 33.0 Å². The first-order valence-corrected chi connectivity index (χ1v) is 9.16. The molecule has 0 spiro atoms. The average Bonchev–Trinajstić information content (AvgIpc) is 2.98. The molecule has 0 radical (unpaired) electrons. The second-order valence-electron chi connectivity index (χ2n) is 6.29. The molecule has 0 bridgehead atoms. The molecule has 1 atom stereocenters. The molecule has 0 fully saturated rings. The normalized spacial score (nSPS) is 12.7. The molecule has 0 saturated heterocycles. The molecule has 3 rings (SSSR count). The van der Waals surface area contributed by atoms with Crippen LogP contribution < -0.4 is 10.9 Å². The van der Waals surface area contributed by atoms with Gasteiger partial charge in [0.1, 0.15) is 0 Å². The van der Waals surface area contributed by atoms with Gasteiger partial charge in [-0.05, 0) is 38.6 Å². The number of fused-ring (bicyclic) bond motifs is 1. The van der Waals surface area contributed by atoms with Crippen LogP contribution in [0.5, 0.6) is 0 Å². The predicted octanol–water partition coefficient (Wildman–Crippen LogP) is 2.74. The van der Waals surface area contributed by atoms with Crippen LogP contribution in [-0.2, 0) is 6.42 Å². The number of likely N-dealkylation sites (N-methyl/N-ethyl adjacent to an activating group) is 1. The molecule has 0 saturated carbocycles. The number of aryl methyl sites for hydroxylation is 2. The number of rotatable bonds is 6. The van der Waals surface area contributed by atoms with Gasteiger partial charge in [0.2, 0.25) is 10.1 Å². The maximum Gasteiger partial charge on any atom is 0.275 e. The highest BCUT2D eigenvalue weighted by Crippen LogP contribution is 2.22. The van der Waals surface area contributed by atoms with E-state index in [9.17, 15) is 4.79 Å². The number of hydrogen-bond donors (Lipinski definition) is 1. The molecule has 0 aliphatic rings. The van der Waals surface area contributed by atoms with Crippen LogP contribution in [-0.4, -0.2) is 40.1 Å². The Balaban J connectivity index is 1.79. The molecule has 3 aromatic rings. The molecule has 1 aromatic carbocycles. The van der Waals surface area contributed by atoms with E-state index in [1.54, 1.807) is 0 Å². The van der Waals surface area contributed by atoms with E-state index < -0.39 is 0 Å². The van der Waals surface area contributed by atoms with Crippen LogP contribution in [0, 0.1) is 6.92 Å². The summed E-state index contributed by atoms with van der Waals surface area (Å²) >= 11 is 1.39. The number of hydrogen-bond acceptors (Lipinski definition) is 6. The summed E-state index contributed by atoms with van der Waals surface area (Å²) in [6.45, 7) is 4.67. The molecular formula is C18H23N5OS. The first kappa shape index (κ1) is 17.6. The van der Waals surface area contributed by atoms with Gasteiger partial charge in [0, 0.05) is 18.3 Å². The molecule has 0 amide bonds. The van der Waals surface area contributed by atoms with E-state index in [1.807, 2.05) is 6.92 Å². The molecule has 1 N–H and O–H groups in total. The summed E-state index contributed by atoms with van der Waals surface area (Å²) in [6.07, 6.45) is 1.04. The molecule has 2 aromatic heterocycles. The van der Waals surface area contributed by atoms with Gasteiger partial charge in [0.15, 0.2) is 0 Å². The Kier molecular flexibility index (Phi) is 5.15. The van der Waals surface area contributed by atoms with Crippen molar-refractivity contribution >= 4 is 21.4 Å². The summed E-state index contributed by atoms with van der Waals surface area (Å²) in [5.74, 6) is 0. The zero-order valence-electron chi connectivity index (χ0n) is 15.0. The van der Waals surface area contributed by atoms with Crippen molar-refractivity contribution in [1.29, 1.82) is 0 Å². The lowest BCUT2D eigenvalue weighted by atomic mass is 10.0. The summed E-state index contributed by atoms with van der Waals surface area (Å²) in [7, 11) is 4.13. The summed E-state index contributed by atoms with van der Waals surface area (Å²) < 4.78 is 1.35. The monoisotopic (exact) mass is 357 g/mol. The zero-order valence-corrected chi connectivity index (χ0v) is 15.8. The van der Waals surface area contributed by atoms with Gasteiger partial charge in [-0.2, -0.15) is 4.52 Å². The topological polar surface area (TPSA) is 62.5 Å². The first-order valence-electron chi connectivity index (χ1n) is 8.34. The van der Waals surface area contributed by atoms with Crippen molar-refractivity contribution in [2.75, 3.05) is 26.0 Å². The smallest absolute Gasteiger partial charge is 0.275 e. The SMILES string of the molecule is CCc1ccc(C(CNc2nn3c(=O)cc(C)nc3s2)N(C)C)cc1. The van der Waals surface area contributed by atoms with Crippen molar-refractivity contribution in [2.45, 2.75) is 26.3 Å². The summed E-state index contributed by atoms with van der Waals surface area (Å²) in [6, 6.07) is 10.4. The van der Waals surface area contributed by atoms with E-state index in [2.05, 4.69) is 65.6 Å². The summed E-state index contributed by atoms with van der Waals surface area (Å²) in [5, 5.41) is 8.39. The maximum absolute atomic E-state index is 12.0. The Morgan fingerprint density at radius 3 is 2.64 bits per heavy atom. The van der Waals surface area contributed by atoms with E-state index >= 15 is 0 Å². The Morgan fingerprint density at radius 2 is 2.00 bits per heavy atom. The fourth-order valence-corrected chi connectivity index (χ4v) is 3.61. The lowest BCUT2D eigenvalue weighted by Gasteiger charge is -2.25. The summed E-state index contributed by atoms with van der Waals surface area (Å²) in [4.78, 5) is 19.1. The van der Waals surface area contributed by atoms with E-state index in [-0.39, 0.29) is 11.6 Å². The lowest BCUT2D eigenvalue weighted by Crippen LogP contribution is -2.27. The van der Waals surface area contributed by atoms with Gasteiger partial charge in [0.25, 0.3) is 5.56 Å². The highest BCUT2D eigenvalue weighted by molar-refractivity contribution is 7.20. The third-order valence-corrected chi connectivity index (χ3v) is 5.08. The third-order valence-electron chi connectivity index (χ3n) is 4.22. The largest absolute Gasteiger partial charge is 0.358 e. The third kappa shape index (κ3) is 3.88. The van der Waals surface area contributed by atoms with Crippen LogP contribution >= 0.6 is 11.3 Å². The Morgan fingerprint density at radius 1 is 1.28 bits per heavy atom. The Bertz CT molecular complexity index is 913. The van der Waals surface area contributed by atoms with Crippen molar-refractivity contribution in [3.05, 3.63) is 57.5 Å².